The average molecular weight is 304 g/mol. The number of nitrogens with zero attached hydrogens (tertiary/aromatic N) is 3. The molecule has 0 aliphatic heterocycles. The van der Waals surface area contributed by atoms with Gasteiger partial charge < -0.3 is 5.73 Å². The van der Waals surface area contributed by atoms with Gasteiger partial charge in [0.1, 0.15) is 28.3 Å². The largest absolute Gasteiger partial charge is 0.383 e. The predicted molar refractivity (Wildman–Crippen MR) is 77.6 cm³/mol. The summed E-state index contributed by atoms with van der Waals surface area (Å²) in [7, 11) is 0. The first kappa shape index (κ1) is 13.6. The van der Waals surface area contributed by atoms with Crippen molar-refractivity contribution in [2.45, 2.75) is 6.92 Å². The number of benzene rings is 1. The molecular formula is C14H10F2N4S. The molecular weight excluding hydrogens is 294 g/mol. The number of nitrogens with two attached hydrogens (primary N) is 1. The fourth-order valence-corrected chi connectivity index (χ4v) is 2.73. The summed E-state index contributed by atoms with van der Waals surface area (Å²) in [5.41, 5.74) is 7.31. The minimum absolute atomic E-state index is 0.328. The smallest absolute Gasteiger partial charge is 0.137 e. The number of aromatic nitrogens is 3. The summed E-state index contributed by atoms with van der Waals surface area (Å²) in [4.78, 5) is 12.5. The molecule has 4 nitrogen and oxygen atoms in total. The number of anilines is 1. The van der Waals surface area contributed by atoms with E-state index in [0.717, 1.165) is 6.07 Å². The van der Waals surface area contributed by atoms with E-state index in [9.17, 15) is 8.78 Å². The third-order valence-electron chi connectivity index (χ3n) is 2.83. The van der Waals surface area contributed by atoms with Gasteiger partial charge in [-0.3, -0.25) is 0 Å². The number of halogens is 2. The average Bonchev–Trinajstić information content (AvgIpc) is 2.87. The Morgan fingerprint density at radius 3 is 2.48 bits per heavy atom. The van der Waals surface area contributed by atoms with E-state index >= 15 is 0 Å². The van der Waals surface area contributed by atoms with Gasteiger partial charge in [0.2, 0.25) is 0 Å². The lowest BCUT2D eigenvalue weighted by Gasteiger charge is -2.01. The third kappa shape index (κ3) is 2.73. The van der Waals surface area contributed by atoms with Gasteiger partial charge in [-0.1, -0.05) is 0 Å². The number of thiazole rings is 1. The van der Waals surface area contributed by atoms with Crippen molar-refractivity contribution in [3.05, 3.63) is 47.2 Å². The molecule has 0 atom stereocenters. The number of nitrogen functional groups attached to an aromatic ring is 1. The SMILES string of the molecule is Cc1ncc(-c2nc(-c3cc(F)cc(F)c3)cs2)c(N)n1. The molecule has 3 aromatic rings. The van der Waals surface area contributed by atoms with Crippen molar-refractivity contribution in [1.82, 2.24) is 15.0 Å². The first-order valence-corrected chi connectivity index (χ1v) is 6.92. The highest BCUT2D eigenvalue weighted by molar-refractivity contribution is 7.13. The summed E-state index contributed by atoms with van der Waals surface area (Å²) in [5.74, 6) is -0.385. The Bertz CT molecular complexity index is 796. The number of hydrogen-bond donors (Lipinski definition) is 1. The second kappa shape index (κ2) is 5.17. The van der Waals surface area contributed by atoms with Crippen LogP contribution in [0.15, 0.2) is 29.8 Å². The van der Waals surface area contributed by atoms with Gasteiger partial charge in [0.15, 0.2) is 0 Å². The molecule has 0 saturated heterocycles. The molecule has 106 valence electrons. The third-order valence-corrected chi connectivity index (χ3v) is 3.71. The zero-order valence-electron chi connectivity index (χ0n) is 11.0. The Hall–Kier alpha value is -2.41. The predicted octanol–water partition coefficient (Wildman–Crippen LogP) is 3.44. The topological polar surface area (TPSA) is 64.7 Å². The van der Waals surface area contributed by atoms with Crippen LogP contribution in [0.5, 0.6) is 0 Å². The number of rotatable bonds is 2. The maximum atomic E-state index is 13.2. The van der Waals surface area contributed by atoms with Crippen LogP contribution >= 0.6 is 11.3 Å². The van der Waals surface area contributed by atoms with E-state index in [1.54, 1.807) is 18.5 Å². The summed E-state index contributed by atoms with van der Waals surface area (Å²) >= 11 is 1.31. The molecule has 0 fully saturated rings. The van der Waals surface area contributed by atoms with Crippen LogP contribution in [-0.2, 0) is 0 Å². The lowest BCUT2D eigenvalue weighted by Crippen LogP contribution is -1.98. The van der Waals surface area contributed by atoms with Crippen LogP contribution in [0, 0.1) is 18.6 Å². The molecule has 0 unspecified atom stereocenters. The molecule has 2 heterocycles. The first-order valence-electron chi connectivity index (χ1n) is 6.04. The van der Waals surface area contributed by atoms with E-state index in [1.807, 2.05) is 0 Å². The van der Waals surface area contributed by atoms with E-state index in [-0.39, 0.29) is 0 Å². The van der Waals surface area contributed by atoms with Gasteiger partial charge in [0, 0.05) is 23.2 Å². The summed E-state index contributed by atoms with van der Waals surface area (Å²) < 4.78 is 26.5. The van der Waals surface area contributed by atoms with Gasteiger partial charge in [-0.25, -0.2) is 23.7 Å². The second-order valence-corrected chi connectivity index (χ2v) is 5.27. The maximum absolute atomic E-state index is 13.2. The van der Waals surface area contributed by atoms with Crippen LogP contribution < -0.4 is 5.73 Å². The number of aryl methyl sites for hydroxylation is 1. The van der Waals surface area contributed by atoms with E-state index < -0.39 is 11.6 Å². The van der Waals surface area contributed by atoms with Crippen molar-refractivity contribution >= 4 is 17.2 Å². The Balaban J connectivity index is 2.03. The highest BCUT2D eigenvalue weighted by atomic mass is 32.1. The molecule has 0 radical (unpaired) electrons. The van der Waals surface area contributed by atoms with Gasteiger partial charge in [-0.05, 0) is 19.1 Å². The zero-order chi connectivity index (χ0) is 15.0. The fraction of sp³-hybridized carbons (Fsp3) is 0.0714. The minimum atomic E-state index is -0.641. The monoisotopic (exact) mass is 304 g/mol. The summed E-state index contributed by atoms with van der Waals surface area (Å²) in [6, 6.07) is 3.29. The highest BCUT2D eigenvalue weighted by Crippen LogP contribution is 2.31. The van der Waals surface area contributed by atoms with Crippen molar-refractivity contribution in [3.63, 3.8) is 0 Å². The molecule has 7 heteroatoms. The molecule has 0 aliphatic rings. The van der Waals surface area contributed by atoms with Crippen molar-refractivity contribution in [2.75, 3.05) is 5.73 Å². The molecule has 0 amide bonds. The molecule has 0 spiro atoms. The summed E-state index contributed by atoms with van der Waals surface area (Å²) in [6.07, 6.45) is 1.59. The van der Waals surface area contributed by atoms with E-state index in [4.69, 9.17) is 5.73 Å². The van der Waals surface area contributed by atoms with Crippen LogP contribution in [0.4, 0.5) is 14.6 Å². The first-order chi connectivity index (χ1) is 10.0. The number of hydrogen-bond acceptors (Lipinski definition) is 5. The van der Waals surface area contributed by atoms with Crippen molar-refractivity contribution < 1.29 is 8.78 Å². The van der Waals surface area contributed by atoms with Gasteiger partial charge >= 0.3 is 0 Å². The molecule has 1 aromatic carbocycles. The lowest BCUT2D eigenvalue weighted by molar-refractivity contribution is 0.584. The highest BCUT2D eigenvalue weighted by Gasteiger charge is 2.12. The zero-order valence-corrected chi connectivity index (χ0v) is 11.8. The molecule has 0 aliphatic carbocycles. The van der Waals surface area contributed by atoms with Crippen LogP contribution in [0.25, 0.3) is 21.8 Å². The maximum Gasteiger partial charge on any atom is 0.137 e. The molecule has 0 saturated carbocycles. The minimum Gasteiger partial charge on any atom is -0.383 e. The molecule has 2 aromatic heterocycles. The fourth-order valence-electron chi connectivity index (χ4n) is 1.88. The molecule has 0 bridgehead atoms. The van der Waals surface area contributed by atoms with Crippen molar-refractivity contribution in [3.8, 4) is 21.8 Å². The van der Waals surface area contributed by atoms with Gasteiger partial charge in [0.05, 0.1) is 11.3 Å². The van der Waals surface area contributed by atoms with Crippen molar-refractivity contribution in [2.24, 2.45) is 0 Å². The Kier molecular flexibility index (Phi) is 3.34. The van der Waals surface area contributed by atoms with Crippen LogP contribution in [-0.4, -0.2) is 15.0 Å². The summed E-state index contributed by atoms with van der Waals surface area (Å²) in [6.45, 7) is 1.74. The van der Waals surface area contributed by atoms with Crippen molar-refractivity contribution in [1.29, 1.82) is 0 Å². The Morgan fingerprint density at radius 2 is 1.81 bits per heavy atom. The van der Waals surface area contributed by atoms with Gasteiger partial charge in [-0.2, -0.15) is 0 Å². The van der Waals surface area contributed by atoms with Gasteiger partial charge in [-0.15, -0.1) is 11.3 Å². The van der Waals surface area contributed by atoms with E-state index in [2.05, 4.69) is 15.0 Å². The van der Waals surface area contributed by atoms with Gasteiger partial charge in [0.25, 0.3) is 0 Å². The van der Waals surface area contributed by atoms with E-state index in [0.29, 0.717) is 33.5 Å². The quantitative estimate of drug-likeness (QED) is 0.787. The molecule has 3 rings (SSSR count). The molecule has 21 heavy (non-hydrogen) atoms. The lowest BCUT2D eigenvalue weighted by atomic mass is 10.1. The normalized spacial score (nSPS) is 10.8. The second-order valence-electron chi connectivity index (χ2n) is 4.41. The van der Waals surface area contributed by atoms with Crippen LogP contribution in [0.3, 0.4) is 0 Å². The Labute approximate surface area is 123 Å². The summed E-state index contributed by atoms with van der Waals surface area (Å²) in [5, 5.41) is 2.32. The van der Waals surface area contributed by atoms with Crippen LogP contribution in [0.2, 0.25) is 0 Å². The Morgan fingerprint density at radius 1 is 1.10 bits per heavy atom. The van der Waals surface area contributed by atoms with Crippen LogP contribution in [0.1, 0.15) is 5.82 Å². The van der Waals surface area contributed by atoms with E-state index in [1.165, 1.54) is 23.5 Å². The molecule has 2 N–H and O–H groups in total. The standard InChI is InChI=1S/C14H10F2N4S/c1-7-18-5-11(13(17)19-7)14-20-12(6-21-14)8-2-9(15)4-10(16)3-8/h2-6H,1H3,(H2,17,18,19).